The van der Waals surface area contributed by atoms with E-state index in [-0.39, 0.29) is 16.9 Å². The average Bonchev–Trinajstić information content (AvgIpc) is 2.36. The van der Waals surface area contributed by atoms with Crippen LogP contribution in [0, 0.1) is 6.92 Å². The van der Waals surface area contributed by atoms with Gasteiger partial charge in [-0.05, 0) is 43.7 Å². The molecule has 0 amide bonds. The maximum absolute atomic E-state index is 12.2. The number of rotatable bonds is 3. The van der Waals surface area contributed by atoms with Gasteiger partial charge in [-0.25, -0.2) is 0 Å². The van der Waals surface area contributed by atoms with Gasteiger partial charge in [0.15, 0.2) is 5.78 Å². The Labute approximate surface area is 116 Å². The lowest BCUT2D eigenvalue weighted by atomic mass is 10.1. The molecular formula is C15H14ClNO2. The van der Waals surface area contributed by atoms with E-state index in [2.05, 4.69) is 0 Å². The molecule has 0 aliphatic rings. The maximum atomic E-state index is 12.2. The van der Waals surface area contributed by atoms with E-state index in [1.807, 2.05) is 19.1 Å². The SMILES string of the molecule is CC(=O)c1ccc(C)n(Cc2ccc(Cl)cc2)c1=O. The Morgan fingerprint density at radius 1 is 1.16 bits per heavy atom. The van der Waals surface area contributed by atoms with Crippen molar-refractivity contribution in [2.75, 3.05) is 0 Å². The van der Waals surface area contributed by atoms with Crippen LogP contribution < -0.4 is 5.56 Å². The summed E-state index contributed by atoms with van der Waals surface area (Å²) in [7, 11) is 0. The quantitative estimate of drug-likeness (QED) is 0.808. The fourth-order valence-corrected chi connectivity index (χ4v) is 2.03. The van der Waals surface area contributed by atoms with Crippen molar-refractivity contribution < 1.29 is 4.79 Å². The minimum Gasteiger partial charge on any atom is -0.308 e. The first kappa shape index (κ1) is 13.6. The molecule has 0 unspecified atom stereocenters. The first-order valence-corrected chi connectivity index (χ1v) is 6.32. The number of carbonyl (C=O) groups excluding carboxylic acids is 1. The molecule has 0 aliphatic heterocycles. The molecule has 0 saturated heterocycles. The third-order valence-corrected chi connectivity index (χ3v) is 3.28. The fraction of sp³-hybridized carbons (Fsp3) is 0.200. The molecule has 98 valence electrons. The topological polar surface area (TPSA) is 39.1 Å². The summed E-state index contributed by atoms with van der Waals surface area (Å²) in [5.41, 5.74) is 1.77. The van der Waals surface area contributed by atoms with Gasteiger partial charge in [0.2, 0.25) is 0 Å². The van der Waals surface area contributed by atoms with Crippen molar-refractivity contribution in [3.63, 3.8) is 0 Å². The van der Waals surface area contributed by atoms with Crippen molar-refractivity contribution >= 4 is 17.4 Å². The molecular weight excluding hydrogens is 262 g/mol. The molecule has 0 spiro atoms. The number of aryl methyl sites for hydroxylation is 1. The molecule has 1 heterocycles. The highest BCUT2D eigenvalue weighted by atomic mass is 35.5. The third kappa shape index (κ3) is 2.93. The standard InChI is InChI=1S/C15H14ClNO2/c1-10-3-8-14(11(2)18)15(19)17(10)9-12-4-6-13(16)7-5-12/h3-8H,9H2,1-2H3. The van der Waals surface area contributed by atoms with Crippen LogP contribution in [-0.2, 0) is 6.54 Å². The number of nitrogens with zero attached hydrogens (tertiary/aromatic N) is 1. The summed E-state index contributed by atoms with van der Waals surface area (Å²) in [6, 6.07) is 10.7. The van der Waals surface area contributed by atoms with E-state index in [1.165, 1.54) is 6.92 Å². The van der Waals surface area contributed by atoms with Crippen LogP contribution in [0.3, 0.4) is 0 Å². The molecule has 1 aromatic heterocycles. The van der Waals surface area contributed by atoms with Crippen molar-refractivity contribution in [1.29, 1.82) is 0 Å². The van der Waals surface area contributed by atoms with E-state index >= 15 is 0 Å². The summed E-state index contributed by atoms with van der Waals surface area (Å²) >= 11 is 5.83. The average molecular weight is 276 g/mol. The Balaban J connectivity index is 2.45. The van der Waals surface area contributed by atoms with Crippen LogP contribution in [0.5, 0.6) is 0 Å². The van der Waals surface area contributed by atoms with Crippen LogP contribution >= 0.6 is 11.6 Å². The lowest BCUT2D eigenvalue weighted by Crippen LogP contribution is -2.27. The molecule has 0 N–H and O–H groups in total. The largest absolute Gasteiger partial charge is 0.308 e. The minimum atomic E-state index is -0.248. The Hall–Kier alpha value is -1.87. The second-order valence-electron chi connectivity index (χ2n) is 4.46. The molecule has 0 atom stereocenters. The summed E-state index contributed by atoms with van der Waals surface area (Å²) in [5, 5.41) is 0.658. The number of benzene rings is 1. The van der Waals surface area contributed by atoms with Crippen LogP contribution in [-0.4, -0.2) is 10.4 Å². The Bertz CT molecular complexity index is 672. The van der Waals surface area contributed by atoms with Gasteiger partial charge >= 0.3 is 0 Å². The predicted molar refractivity (Wildman–Crippen MR) is 76.0 cm³/mol. The zero-order valence-electron chi connectivity index (χ0n) is 10.8. The molecule has 4 heteroatoms. The minimum absolute atomic E-state index is 0.213. The smallest absolute Gasteiger partial charge is 0.261 e. The van der Waals surface area contributed by atoms with Crippen molar-refractivity contribution in [2.45, 2.75) is 20.4 Å². The summed E-state index contributed by atoms with van der Waals surface area (Å²) in [6.45, 7) is 3.68. The zero-order chi connectivity index (χ0) is 14.0. The van der Waals surface area contributed by atoms with Gasteiger partial charge < -0.3 is 4.57 Å². The van der Waals surface area contributed by atoms with E-state index in [1.54, 1.807) is 28.8 Å². The summed E-state index contributed by atoms with van der Waals surface area (Å²) in [4.78, 5) is 23.6. The lowest BCUT2D eigenvalue weighted by molar-refractivity contribution is 0.101. The molecule has 2 aromatic rings. The van der Waals surface area contributed by atoms with E-state index in [0.29, 0.717) is 11.6 Å². The van der Waals surface area contributed by atoms with E-state index in [4.69, 9.17) is 11.6 Å². The van der Waals surface area contributed by atoms with Gasteiger partial charge in [-0.2, -0.15) is 0 Å². The molecule has 1 aromatic carbocycles. The van der Waals surface area contributed by atoms with E-state index < -0.39 is 0 Å². The van der Waals surface area contributed by atoms with Gasteiger partial charge in [0.05, 0.1) is 12.1 Å². The van der Waals surface area contributed by atoms with Crippen molar-refractivity contribution in [1.82, 2.24) is 4.57 Å². The van der Waals surface area contributed by atoms with Gasteiger partial charge in [0, 0.05) is 10.7 Å². The second kappa shape index (κ2) is 5.41. The summed E-state index contributed by atoms with van der Waals surface area (Å²) in [6.07, 6.45) is 0. The summed E-state index contributed by atoms with van der Waals surface area (Å²) in [5.74, 6) is -0.213. The monoisotopic (exact) mass is 275 g/mol. The van der Waals surface area contributed by atoms with Crippen molar-refractivity contribution in [3.05, 3.63) is 68.6 Å². The van der Waals surface area contributed by atoms with Crippen molar-refractivity contribution in [3.8, 4) is 0 Å². The highest BCUT2D eigenvalue weighted by Gasteiger charge is 2.10. The maximum Gasteiger partial charge on any atom is 0.261 e. The number of halogens is 1. The molecule has 3 nitrogen and oxygen atoms in total. The number of Topliss-reactive ketones (excluding diaryl/α,β-unsaturated/α-hetero) is 1. The molecule has 2 rings (SSSR count). The van der Waals surface area contributed by atoms with Crippen LogP contribution in [0.2, 0.25) is 5.02 Å². The van der Waals surface area contributed by atoms with E-state index in [9.17, 15) is 9.59 Å². The fourth-order valence-electron chi connectivity index (χ4n) is 1.91. The number of ketones is 1. The lowest BCUT2D eigenvalue weighted by Gasteiger charge is -2.11. The molecule has 0 radical (unpaired) electrons. The molecule has 0 saturated carbocycles. The van der Waals surface area contributed by atoms with Gasteiger partial charge in [0.25, 0.3) is 5.56 Å². The van der Waals surface area contributed by atoms with Gasteiger partial charge in [-0.3, -0.25) is 9.59 Å². The highest BCUT2D eigenvalue weighted by molar-refractivity contribution is 6.30. The Morgan fingerprint density at radius 3 is 2.37 bits per heavy atom. The first-order valence-electron chi connectivity index (χ1n) is 5.95. The normalized spacial score (nSPS) is 10.5. The van der Waals surface area contributed by atoms with Crippen LogP contribution in [0.4, 0.5) is 0 Å². The molecule has 0 fully saturated rings. The highest BCUT2D eigenvalue weighted by Crippen LogP contribution is 2.11. The zero-order valence-corrected chi connectivity index (χ0v) is 11.6. The van der Waals surface area contributed by atoms with Gasteiger partial charge in [-0.1, -0.05) is 23.7 Å². The van der Waals surface area contributed by atoms with Crippen LogP contribution in [0.1, 0.15) is 28.5 Å². The Morgan fingerprint density at radius 2 is 1.79 bits per heavy atom. The predicted octanol–water partition coefficient (Wildman–Crippen LogP) is 3.06. The molecule has 0 aliphatic carbocycles. The number of hydrogen-bond donors (Lipinski definition) is 0. The van der Waals surface area contributed by atoms with Crippen molar-refractivity contribution in [2.24, 2.45) is 0 Å². The first-order chi connectivity index (χ1) is 8.99. The van der Waals surface area contributed by atoms with Gasteiger partial charge in [-0.15, -0.1) is 0 Å². The number of hydrogen-bond acceptors (Lipinski definition) is 2. The molecule has 0 bridgehead atoms. The molecule has 19 heavy (non-hydrogen) atoms. The second-order valence-corrected chi connectivity index (χ2v) is 4.90. The van der Waals surface area contributed by atoms with E-state index in [0.717, 1.165) is 11.3 Å². The van der Waals surface area contributed by atoms with Crippen LogP contribution in [0.25, 0.3) is 0 Å². The third-order valence-electron chi connectivity index (χ3n) is 3.03. The number of aromatic nitrogens is 1. The number of carbonyl (C=O) groups is 1. The van der Waals surface area contributed by atoms with Crippen LogP contribution in [0.15, 0.2) is 41.2 Å². The Kier molecular flexibility index (Phi) is 3.86. The summed E-state index contributed by atoms with van der Waals surface area (Å²) < 4.78 is 1.60. The number of pyridine rings is 1. The van der Waals surface area contributed by atoms with Gasteiger partial charge in [0.1, 0.15) is 0 Å².